The van der Waals surface area contributed by atoms with E-state index >= 15 is 0 Å². The molecule has 2 N–H and O–H groups in total. The average Bonchev–Trinajstić information content (AvgIpc) is 2.70. The molecular weight excluding hydrogens is 416 g/mol. The van der Waals surface area contributed by atoms with Crippen LogP contribution < -0.4 is 10.2 Å². The monoisotopic (exact) mass is 437 g/mol. The van der Waals surface area contributed by atoms with Crippen molar-refractivity contribution in [2.45, 2.75) is 25.4 Å². The number of nitrogens with zero attached hydrogens (tertiary/aromatic N) is 2. The van der Waals surface area contributed by atoms with E-state index in [0.29, 0.717) is 23.4 Å². The number of aryl methyl sites for hydroxylation is 1. The van der Waals surface area contributed by atoms with Crippen molar-refractivity contribution in [3.8, 4) is 0 Å². The summed E-state index contributed by atoms with van der Waals surface area (Å²) in [5.74, 6) is -1.41. The summed E-state index contributed by atoms with van der Waals surface area (Å²) >= 11 is 5.92. The number of rotatable bonds is 4. The molecule has 2 unspecified atom stereocenters. The van der Waals surface area contributed by atoms with Gasteiger partial charge in [0, 0.05) is 25.8 Å². The molecule has 1 aliphatic heterocycles. The number of halogens is 3. The van der Waals surface area contributed by atoms with Crippen LogP contribution in [0.4, 0.5) is 19.3 Å². The number of amides is 2. The molecule has 0 saturated carbocycles. The van der Waals surface area contributed by atoms with Crippen LogP contribution in [0.25, 0.3) is 0 Å². The van der Waals surface area contributed by atoms with Crippen LogP contribution in [0.15, 0.2) is 36.4 Å². The van der Waals surface area contributed by atoms with Crippen molar-refractivity contribution in [1.29, 1.82) is 0 Å². The molecule has 2 aromatic rings. The summed E-state index contributed by atoms with van der Waals surface area (Å²) in [4.78, 5) is 27.6. The van der Waals surface area contributed by atoms with E-state index in [9.17, 15) is 23.5 Å². The van der Waals surface area contributed by atoms with Crippen LogP contribution in [0.1, 0.15) is 11.1 Å². The van der Waals surface area contributed by atoms with Gasteiger partial charge in [-0.15, -0.1) is 0 Å². The van der Waals surface area contributed by atoms with Crippen molar-refractivity contribution in [3.05, 3.63) is 64.2 Å². The predicted octanol–water partition coefficient (Wildman–Crippen LogP) is 3.45. The smallest absolute Gasteiger partial charge is 0.408 e. The molecule has 0 aliphatic carbocycles. The highest BCUT2D eigenvalue weighted by atomic mass is 35.5. The normalized spacial score (nSPS) is 19.0. The summed E-state index contributed by atoms with van der Waals surface area (Å²) in [7, 11) is 1.44. The zero-order valence-corrected chi connectivity index (χ0v) is 17.3. The van der Waals surface area contributed by atoms with E-state index in [1.165, 1.54) is 31.3 Å². The number of likely N-dealkylation sites (N-methyl/N-ethyl adjacent to an activating group) is 1. The Morgan fingerprint density at radius 3 is 2.53 bits per heavy atom. The van der Waals surface area contributed by atoms with Crippen molar-refractivity contribution in [2.75, 3.05) is 25.0 Å². The van der Waals surface area contributed by atoms with E-state index in [0.717, 1.165) is 4.90 Å². The SMILES string of the molecule is CNC(=O)C1C(Cc2ccc(F)c(Cl)c2)N(c2ccc(F)cc2C)CCN1C(=O)O. The number of anilines is 1. The van der Waals surface area contributed by atoms with Gasteiger partial charge in [-0.05, 0) is 54.8 Å². The number of carbonyl (C=O) groups excluding carboxylic acids is 1. The van der Waals surface area contributed by atoms with E-state index in [-0.39, 0.29) is 23.8 Å². The topological polar surface area (TPSA) is 72.9 Å². The minimum atomic E-state index is -1.21. The third-order valence-electron chi connectivity index (χ3n) is 5.34. The van der Waals surface area contributed by atoms with Gasteiger partial charge in [-0.3, -0.25) is 9.69 Å². The van der Waals surface area contributed by atoms with Crippen molar-refractivity contribution < 1.29 is 23.5 Å². The van der Waals surface area contributed by atoms with Gasteiger partial charge in [0.15, 0.2) is 0 Å². The Labute approximate surface area is 178 Å². The number of hydrogen-bond acceptors (Lipinski definition) is 3. The molecule has 1 fully saturated rings. The van der Waals surface area contributed by atoms with Crippen LogP contribution in [0.3, 0.4) is 0 Å². The molecule has 1 heterocycles. The van der Waals surface area contributed by atoms with Gasteiger partial charge in [0.25, 0.3) is 0 Å². The van der Waals surface area contributed by atoms with E-state index < -0.39 is 29.9 Å². The van der Waals surface area contributed by atoms with Crippen LogP contribution in [0.5, 0.6) is 0 Å². The summed E-state index contributed by atoms with van der Waals surface area (Å²) < 4.78 is 27.3. The van der Waals surface area contributed by atoms with Crippen LogP contribution in [-0.4, -0.2) is 54.2 Å². The Morgan fingerprint density at radius 1 is 1.20 bits per heavy atom. The summed E-state index contributed by atoms with van der Waals surface area (Å²) in [5, 5.41) is 12.2. The number of carboxylic acid groups (broad SMARTS) is 1. The Balaban J connectivity index is 2.08. The Bertz CT molecular complexity index is 973. The fourth-order valence-electron chi connectivity index (χ4n) is 3.95. The molecule has 1 aliphatic rings. The van der Waals surface area contributed by atoms with Crippen molar-refractivity contribution in [1.82, 2.24) is 10.2 Å². The molecule has 160 valence electrons. The van der Waals surface area contributed by atoms with Crippen LogP contribution in [0, 0.1) is 18.6 Å². The molecule has 2 atom stereocenters. The largest absolute Gasteiger partial charge is 0.465 e. The molecule has 0 bridgehead atoms. The molecule has 6 nitrogen and oxygen atoms in total. The van der Waals surface area contributed by atoms with Gasteiger partial charge in [0.1, 0.15) is 17.7 Å². The first-order chi connectivity index (χ1) is 14.2. The quantitative estimate of drug-likeness (QED) is 0.768. The molecule has 0 spiro atoms. The number of carbonyl (C=O) groups is 2. The fraction of sp³-hybridized carbons (Fsp3) is 0.333. The van der Waals surface area contributed by atoms with Gasteiger partial charge in [0.05, 0.1) is 11.1 Å². The number of benzene rings is 2. The first-order valence-corrected chi connectivity index (χ1v) is 9.78. The molecule has 2 aromatic carbocycles. The van der Waals surface area contributed by atoms with E-state index in [4.69, 9.17) is 11.6 Å². The van der Waals surface area contributed by atoms with Gasteiger partial charge in [-0.25, -0.2) is 13.6 Å². The second-order valence-electron chi connectivity index (χ2n) is 7.18. The van der Waals surface area contributed by atoms with Crippen LogP contribution >= 0.6 is 11.6 Å². The van der Waals surface area contributed by atoms with Gasteiger partial charge < -0.3 is 15.3 Å². The lowest BCUT2D eigenvalue weighted by Crippen LogP contribution is -2.66. The molecule has 3 rings (SSSR count). The van der Waals surface area contributed by atoms with Gasteiger partial charge in [-0.2, -0.15) is 0 Å². The number of nitrogens with one attached hydrogen (secondary N) is 1. The molecule has 9 heteroatoms. The van der Waals surface area contributed by atoms with E-state index in [1.54, 1.807) is 19.1 Å². The predicted molar refractivity (Wildman–Crippen MR) is 110 cm³/mol. The minimum Gasteiger partial charge on any atom is -0.465 e. The number of hydrogen-bond donors (Lipinski definition) is 2. The fourth-order valence-corrected chi connectivity index (χ4v) is 4.15. The molecule has 1 saturated heterocycles. The highest BCUT2D eigenvalue weighted by molar-refractivity contribution is 6.30. The first kappa shape index (κ1) is 21.8. The maximum absolute atomic E-state index is 13.6. The maximum atomic E-state index is 13.6. The summed E-state index contributed by atoms with van der Waals surface area (Å²) in [6, 6.07) is 6.96. The maximum Gasteiger partial charge on any atom is 0.408 e. The van der Waals surface area contributed by atoms with Crippen molar-refractivity contribution in [2.24, 2.45) is 0 Å². The summed E-state index contributed by atoms with van der Waals surface area (Å²) in [6.07, 6.45) is -0.972. The Hall–Kier alpha value is -2.87. The zero-order valence-electron chi connectivity index (χ0n) is 16.5. The minimum absolute atomic E-state index is 0.0561. The Morgan fingerprint density at radius 2 is 1.93 bits per heavy atom. The lowest BCUT2D eigenvalue weighted by Gasteiger charge is -2.47. The zero-order chi connectivity index (χ0) is 22.0. The van der Waals surface area contributed by atoms with Crippen molar-refractivity contribution in [3.63, 3.8) is 0 Å². The molecule has 0 radical (unpaired) electrons. The molecular formula is C21H22ClF2N3O3. The molecule has 2 amide bonds. The van der Waals surface area contributed by atoms with Gasteiger partial charge >= 0.3 is 6.09 Å². The highest BCUT2D eigenvalue weighted by Crippen LogP contribution is 2.31. The highest BCUT2D eigenvalue weighted by Gasteiger charge is 2.43. The van der Waals surface area contributed by atoms with E-state index in [1.807, 2.05) is 4.90 Å². The second-order valence-corrected chi connectivity index (χ2v) is 7.59. The summed E-state index contributed by atoms with van der Waals surface area (Å²) in [5.41, 5.74) is 2.02. The van der Waals surface area contributed by atoms with Crippen molar-refractivity contribution >= 4 is 29.3 Å². The number of piperazine rings is 1. The first-order valence-electron chi connectivity index (χ1n) is 9.40. The van der Waals surface area contributed by atoms with Gasteiger partial charge in [-0.1, -0.05) is 17.7 Å². The second kappa shape index (κ2) is 8.87. The Kier molecular flexibility index (Phi) is 6.45. The van der Waals surface area contributed by atoms with Gasteiger partial charge in [0.2, 0.25) is 5.91 Å². The third kappa shape index (κ3) is 4.33. The molecule has 30 heavy (non-hydrogen) atoms. The lowest BCUT2D eigenvalue weighted by molar-refractivity contribution is -0.126. The third-order valence-corrected chi connectivity index (χ3v) is 5.63. The average molecular weight is 438 g/mol. The molecule has 0 aromatic heterocycles. The standard InChI is InChI=1S/C21H22ClF2N3O3/c1-12-9-14(23)4-6-17(12)26-7-8-27(21(29)30)19(20(28)25-2)18(26)11-13-3-5-16(24)15(22)10-13/h3-6,9-10,18-19H,7-8,11H2,1-2H3,(H,25,28)(H,29,30). The lowest BCUT2D eigenvalue weighted by atomic mass is 9.92. The van der Waals surface area contributed by atoms with Crippen LogP contribution in [-0.2, 0) is 11.2 Å². The summed E-state index contributed by atoms with van der Waals surface area (Å²) in [6.45, 7) is 2.17. The van der Waals surface area contributed by atoms with E-state index in [2.05, 4.69) is 5.32 Å². The van der Waals surface area contributed by atoms with Crippen LogP contribution in [0.2, 0.25) is 5.02 Å².